The fourth-order valence-electron chi connectivity index (χ4n) is 3.06. The number of furan rings is 1. The molecule has 1 aromatic heterocycles. The molecule has 1 aliphatic heterocycles. The van der Waals surface area contributed by atoms with E-state index in [0.29, 0.717) is 31.4 Å². The number of anilines is 1. The Hall–Kier alpha value is -3.00. The molecule has 1 saturated heterocycles. The summed E-state index contributed by atoms with van der Waals surface area (Å²) in [5, 5.41) is 9.72. The third-order valence-electron chi connectivity index (χ3n) is 4.81. The monoisotopic (exact) mass is 498 g/mol. The van der Waals surface area contributed by atoms with Gasteiger partial charge in [0, 0.05) is 25.3 Å². The van der Waals surface area contributed by atoms with Gasteiger partial charge in [-0.05, 0) is 53.7 Å². The first kappa shape index (κ1) is 23.2. The van der Waals surface area contributed by atoms with Crippen molar-refractivity contribution >= 4 is 64.0 Å². The van der Waals surface area contributed by atoms with Gasteiger partial charge in [0.05, 0.1) is 34.0 Å². The summed E-state index contributed by atoms with van der Waals surface area (Å²) in [4.78, 5) is 17.3. The number of hydrogen-bond donors (Lipinski definition) is 0. The van der Waals surface area contributed by atoms with Gasteiger partial charge >= 0.3 is 0 Å². The van der Waals surface area contributed by atoms with Crippen molar-refractivity contribution in [3.63, 3.8) is 0 Å². The first-order chi connectivity index (χ1) is 15.9. The molecule has 6 nitrogen and oxygen atoms in total. The minimum Gasteiger partial charge on any atom is -0.467 e. The Morgan fingerprint density at radius 3 is 2.58 bits per heavy atom. The third-order valence-corrected chi connectivity index (χ3v) is 6.64. The summed E-state index contributed by atoms with van der Waals surface area (Å²) >= 11 is 13.5. The molecule has 1 amide bonds. The number of hydrogen-bond acceptors (Lipinski definition) is 6. The Balaban J connectivity index is 1.62. The standard InChI is InChI=1S/C24H20Cl2N4O2S/c1-29(2)18-10-8-16(9-11-18)13-21-23(31)30(15-19-6-4-12-32-19)24(33-21)28-27-14-17-5-3-7-20(25)22(17)26/h3-14H,15H2,1-2H3/b21-13-,27-14+,28-24-. The van der Waals surface area contributed by atoms with Gasteiger partial charge in [-0.2, -0.15) is 5.10 Å². The third kappa shape index (κ3) is 5.50. The van der Waals surface area contributed by atoms with Gasteiger partial charge in [-0.3, -0.25) is 9.69 Å². The zero-order chi connectivity index (χ0) is 23.4. The second-order valence-electron chi connectivity index (χ2n) is 7.34. The lowest BCUT2D eigenvalue weighted by molar-refractivity contribution is -0.122. The summed E-state index contributed by atoms with van der Waals surface area (Å²) in [6.45, 7) is 0.252. The SMILES string of the molecule is CN(C)c1ccc(/C=C2\S/C(=N\N=C\c3cccc(Cl)c3Cl)N(Cc3ccco3)C2=O)cc1. The summed E-state index contributed by atoms with van der Waals surface area (Å²) in [7, 11) is 3.96. The van der Waals surface area contributed by atoms with Crippen molar-refractivity contribution in [2.45, 2.75) is 6.54 Å². The van der Waals surface area contributed by atoms with Gasteiger partial charge in [-0.1, -0.05) is 47.5 Å². The summed E-state index contributed by atoms with van der Waals surface area (Å²) in [6, 6.07) is 16.8. The van der Waals surface area contributed by atoms with Crippen LogP contribution in [0.4, 0.5) is 5.69 Å². The van der Waals surface area contributed by atoms with E-state index in [-0.39, 0.29) is 12.5 Å². The number of amidine groups is 1. The molecule has 1 aliphatic rings. The van der Waals surface area contributed by atoms with Gasteiger partial charge in [0.1, 0.15) is 5.76 Å². The maximum absolute atomic E-state index is 13.2. The number of rotatable bonds is 6. The summed E-state index contributed by atoms with van der Waals surface area (Å²) in [5.74, 6) is 0.484. The van der Waals surface area contributed by atoms with Gasteiger partial charge in [0.2, 0.25) is 0 Å². The van der Waals surface area contributed by atoms with Crippen LogP contribution in [0.2, 0.25) is 10.0 Å². The molecule has 0 N–H and O–H groups in total. The van der Waals surface area contributed by atoms with Gasteiger partial charge in [-0.25, -0.2) is 0 Å². The molecule has 33 heavy (non-hydrogen) atoms. The highest BCUT2D eigenvalue weighted by atomic mass is 35.5. The lowest BCUT2D eigenvalue weighted by Gasteiger charge is -2.12. The number of benzene rings is 2. The normalized spacial score (nSPS) is 16.5. The highest BCUT2D eigenvalue weighted by Crippen LogP contribution is 2.34. The Morgan fingerprint density at radius 2 is 1.88 bits per heavy atom. The van der Waals surface area contributed by atoms with Crippen LogP contribution >= 0.6 is 35.0 Å². The predicted molar refractivity (Wildman–Crippen MR) is 137 cm³/mol. The van der Waals surface area contributed by atoms with Crippen LogP contribution in [0.5, 0.6) is 0 Å². The molecule has 0 saturated carbocycles. The van der Waals surface area contributed by atoms with Crippen molar-refractivity contribution in [3.05, 3.63) is 92.7 Å². The van der Waals surface area contributed by atoms with E-state index in [2.05, 4.69) is 10.2 Å². The molecule has 4 rings (SSSR count). The average Bonchev–Trinajstić information content (AvgIpc) is 3.41. The van der Waals surface area contributed by atoms with Gasteiger partial charge in [0.25, 0.3) is 5.91 Å². The van der Waals surface area contributed by atoms with E-state index >= 15 is 0 Å². The van der Waals surface area contributed by atoms with E-state index in [1.165, 1.54) is 18.0 Å². The average molecular weight is 499 g/mol. The number of carbonyl (C=O) groups excluding carboxylic acids is 1. The van der Waals surface area contributed by atoms with Crippen molar-refractivity contribution in [2.24, 2.45) is 10.2 Å². The van der Waals surface area contributed by atoms with Crippen LogP contribution in [0.3, 0.4) is 0 Å². The number of amides is 1. The summed E-state index contributed by atoms with van der Waals surface area (Å²) in [5.41, 5.74) is 2.64. The van der Waals surface area contributed by atoms with Crippen LogP contribution in [0, 0.1) is 0 Å². The molecular formula is C24H20Cl2N4O2S. The van der Waals surface area contributed by atoms with Crippen LogP contribution in [-0.4, -0.2) is 36.3 Å². The highest BCUT2D eigenvalue weighted by Gasteiger charge is 2.34. The fraction of sp³-hybridized carbons (Fsp3) is 0.125. The maximum atomic E-state index is 13.2. The number of halogens is 2. The molecule has 0 unspecified atom stereocenters. The van der Waals surface area contributed by atoms with E-state index in [1.807, 2.05) is 55.4 Å². The Kier molecular flexibility index (Phi) is 7.23. The molecule has 2 heterocycles. The molecule has 0 bridgehead atoms. The van der Waals surface area contributed by atoms with Crippen LogP contribution in [-0.2, 0) is 11.3 Å². The van der Waals surface area contributed by atoms with Crippen molar-refractivity contribution in [1.82, 2.24) is 4.90 Å². The number of nitrogens with zero attached hydrogens (tertiary/aromatic N) is 4. The molecule has 0 atom stereocenters. The molecule has 0 spiro atoms. The zero-order valence-electron chi connectivity index (χ0n) is 17.9. The Labute approximate surface area is 206 Å². The number of thioether (sulfide) groups is 1. The first-order valence-electron chi connectivity index (χ1n) is 9.98. The minimum absolute atomic E-state index is 0.164. The quantitative estimate of drug-likeness (QED) is 0.232. The van der Waals surface area contributed by atoms with Gasteiger partial charge < -0.3 is 9.32 Å². The second kappa shape index (κ2) is 10.3. The molecule has 2 aromatic carbocycles. The molecule has 0 radical (unpaired) electrons. The van der Waals surface area contributed by atoms with Crippen LogP contribution in [0.1, 0.15) is 16.9 Å². The number of carbonyl (C=O) groups is 1. The van der Waals surface area contributed by atoms with Gasteiger partial charge in [-0.15, -0.1) is 5.10 Å². The second-order valence-corrected chi connectivity index (χ2v) is 9.13. The van der Waals surface area contributed by atoms with E-state index in [1.54, 1.807) is 35.4 Å². The molecule has 0 aliphatic carbocycles. The highest BCUT2D eigenvalue weighted by molar-refractivity contribution is 8.18. The van der Waals surface area contributed by atoms with Crippen LogP contribution < -0.4 is 4.90 Å². The maximum Gasteiger partial charge on any atom is 0.267 e. The summed E-state index contributed by atoms with van der Waals surface area (Å²) < 4.78 is 5.43. The lowest BCUT2D eigenvalue weighted by atomic mass is 10.2. The first-order valence-corrected chi connectivity index (χ1v) is 11.6. The van der Waals surface area contributed by atoms with Gasteiger partial charge in [0.15, 0.2) is 5.17 Å². The van der Waals surface area contributed by atoms with E-state index in [4.69, 9.17) is 27.6 Å². The minimum atomic E-state index is -0.164. The molecular weight excluding hydrogens is 479 g/mol. The van der Waals surface area contributed by atoms with E-state index < -0.39 is 0 Å². The van der Waals surface area contributed by atoms with Crippen LogP contribution in [0.15, 0.2) is 80.4 Å². The largest absolute Gasteiger partial charge is 0.467 e. The van der Waals surface area contributed by atoms with Crippen molar-refractivity contribution in [3.8, 4) is 0 Å². The molecule has 1 fully saturated rings. The topological polar surface area (TPSA) is 61.4 Å². The van der Waals surface area contributed by atoms with E-state index in [9.17, 15) is 4.79 Å². The predicted octanol–water partition coefficient (Wildman–Crippen LogP) is 6.16. The molecule has 168 valence electrons. The molecule has 3 aromatic rings. The Morgan fingerprint density at radius 1 is 1.09 bits per heavy atom. The fourth-order valence-corrected chi connectivity index (χ4v) is 4.35. The zero-order valence-corrected chi connectivity index (χ0v) is 20.2. The Bertz CT molecular complexity index is 1240. The van der Waals surface area contributed by atoms with Crippen LogP contribution in [0.25, 0.3) is 6.08 Å². The molecule has 9 heteroatoms. The van der Waals surface area contributed by atoms with Crippen molar-refractivity contribution in [1.29, 1.82) is 0 Å². The van der Waals surface area contributed by atoms with Crippen molar-refractivity contribution < 1.29 is 9.21 Å². The smallest absolute Gasteiger partial charge is 0.267 e. The van der Waals surface area contributed by atoms with Crippen molar-refractivity contribution in [2.75, 3.05) is 19.0 Å². The summed E-state index contributed by atoms with van der Waals surface area (Å²) in [6.07, 6.45) is 4.93. The lowest BCUT2D eigenvalue weighted by Crippen LogP contribution is -2.28. The van der Waals surface area contributed by atoms with E-state index in [0.717, 1.165) is 11.3 Å².